The number of ether oxygens (including phenoxy) is 1. The van der Waals surface area contributed by atoms with E-state index >= 15 is 0 Å². The van der Waals surface area contributed by atoms with Gasteiger partial charge < -0.3 is 14.1 Å². The molecular formula is C28H23F7N6O4. The summed E-state index contributed by atoms with van der Waals surface area (Å²) < 4.78 is 105. The maximum absolute atomic E-state index is 13.7. The number of carbonyl (C=O) groups is 2. The van der Waals surface area contributed by atoms with E-state index in [4.69, 9.17) is 9.15 Å². The molecule has 0 atom stereocenters. The lowest BCUT2D eigenvalue weighted by Crippen LogP contribution is -2.32. The van der Waals surface area contributed by atoms with Crippen LogP contribution in [0.25, 0.3) is 11.7 Å². The minimum atomic E-state index is -5.20. The summed E-state index contributed by atoms with van der Waals surface area (Å²) in [7, 11) is 0. The molecule has 1 N–H and O–H groups in total. The molecule has 0 fully saturated rings. The molecule has 0 aliphatic rings. The van der Waals surface area contributed by atoms with Gasteiger partial charge in [-0.2, -0.15) is 26.3 Å². The van der Waals surface area contributed by atoms with Crippen LogP contribution in [-0.2, 0) is 34.8 Å². The molecule has 0 aliphatic carbocycles. The van der Waals surface area contributed by atoms with E-state index in [1.807, 2.05) is 0 Å². The fourth-order valence-corrected chi connectivity index (χ4v) is 3.84. The molecule has 0 spiro atoms. The number of rotatable bonds is 7. The maximum atomic E-state index is 13.7. The second-order valence-corrected chi connectivity index (χ2v) is 10.4. The third-order valence-corrected chi connectivity index (χ3v) is 5.77. The Morgan fingerprint density at radius 3 is 2.13 bits per heavy atom. The highest BCUT2D eigenvalue weighted by Gasteiger charge is 2.38. The minimum absolute atomic E-state index is 0.0236. The molecule has 2 heterocycles. The van der Waals surface area contributed by atoms with Crippen LogP contribution in [0.15, 0.2) is 59.3 Å². The van der Waals surface area contributed by atoms with Crippen molar-refractivity contribution in [2.24, 2.45) is 0 Å². The second kappa shape index (κ2) is 12.5. The average Bonchev–Trinajstić information content (AvgIpc) is 3.39. The van der Waals surface area contributed by atoms with E-state index < -0.39 is 65.4 Å². The van der Waals surface area contributed by atoms with Crippen LogP contribution in [0, 0.1) is 5.82 Å². The molecular weight excluding hydrogens is 617 g/mol. The highest BCUT2D eigenvalue weighted by Crippen LogP contribution is 2.38. The van der Waals surface area contributed by atoms with Crippen LogP contribution in [0.4, 0.5) is 46.9 Å². The van der Waals surface area contributed by atoms with E-state index in [0.717, 1.165) is 17.0 Å². The van der Waals surface area contributed by atoms with Gasteiger partial charge in [-0.1, -0.05) is 6.07 Å². The highest BCUT2D eigenvalue weighted by molar-refractivity contribution is 5.94. The number of benzene rings is 2. The number of hydrogen-bond donors (Lipinski definition) is 1. The summed E-state index contributed by atoms with van der Waals surface area (Å²) in [5.41, 5.74) is -4.42. The number of carbonyl (C=O) groups excluding carboxylic acids is 2. The second-order valence-electron chi connectivity index (χ2n) is 10.4. The Bertz CT molecular complexity index is 1670. The molecule has 4 rings (SSSR count). The summed E-state index contributed by atoms with van der Waals surface area (Å²) in [4.78, 5) is 34.2. The van der Waals surface area contributed by atoms with Crippen molar-refractivity contribution in [2.45, 2.75) is 51.7 Å². The van der Waals surface area contributed by atoms with E-state index in [2.05, 4.69) is 25.5 Å². The predicted molar refractivity (Wildman–Crippen MR) is 143 cm³/mol. The number of nitrogens with one attached hydrogen (secondary N) is 1. The summed E-state index contributed by atoms with van der Waals surface area (Å²) in [6, 6.07) is 5.28. The first kappa shape index (κ1) is 32.8. The van der Waals surface area contributed by atoms with Crippen molar-refractivity contribution < 1.29 is 49.5 Å². The summed E-state index contributed by atoms with van der Waals surface area (Å²) in [6.45, 7) is 4.52. The van der Waals surface area contributed by atoms with E-state index in [1.165, 1.54) is 24.5 Å². The normalized spacial score (nSPS) is 12.1. The van der Waals surface area contributed by atoms with Crippen molar-refractivity contribution in [3.05, 3.63) is 83.3 Å². The van der Waals surface area contributed by atoms with Crippen molar-refractivity contribution in [1.29, 1.82) is 0 Å². The van der Waals surface area contributed by atoms with Crippen LogP contribution in [0.3, 0.4) is 0 Å². The molecule has 238 valence electrons. The number of halogens is 7. The zero-order chi connectivity index (χ0) is 33.2. The van der Waals surface area contributed by atoms with Crippen LogP contribution in [0.1, 0.15) is 43.4 Å². The fraction of sp³-hybridized carbons (Fsp3) is 0.286. The summed E-state index contributed by atoms with van der Waals surface area (Å²) in [5, 5.41) is 10.1. The Morgan fingerprint density at radius 2 is 1.56 bits per heavy atom. The van der Waals surface area contributed by atoms with Crippen molar-refractivity contribution in [3.63, 3.8) is 0 Å². The van der Waals surface area contributed by atoms with Crippen LogP contribution in [0.5, 0.6) is 0 Å². The molecule has 2 aromatic carbocycles. The lowest BCUT2D eigenvalue weighted by atomic mass is 10.00. The molecule has 0 radical (unpaired) electrons. The Hall–Kier alpha value is -5.09. The maximum Gasteiger partial charge on any atom is 0.416 e. The Morgan fingerprint density at radius 1 is 0.911 bits per heavy atom. The first-order chi connectivity index (χ1) is 20.9. The Balaban J connectivity index is 1.57. The third-order valence-electron chi connectivity index (χ3n) is 5.77. The smallest absolute Gasteiger partial charge is 0.416 e. The number of aromatic nitrogens is 4. The molecule has 0 aliphatic heterocycles. The SMILES string of the molecule is CC(C)(C)OC(=O)Nc1cnc(-c2nnc(CN(C(=O)Cc3ccc(C(F)(F)F)cc3C(F)(F)F)c3ccc(F)cc3)o2)nc1. The van der Waals surface area contributed by atoms with Gasteiger partial charge in [0.1, 0.15) is 18.0 Å². The van der Waals surface area contributed by atoms with Gasteiger partial charge >= 0.3 is 18.4 Å². The van der Waals surface area contributed by atoms with Crippen LogP contribution in [-0.4, -0.2) is 37.8 Å². The molecule has 4 aromatic rings. The van der Waals surface area contributed by atoms with Gasteiger partial charge in [0.05, 0.1) is 35.6 Å². The molecule has 2 amide bonds. The van der Waals surface area contributed by atoms with E-state index in [1.54, 1.807) is 20.8 Å². The zero-order valence-corrected chi connectivity index (χ0v) is 23.6. The quantitative estimate of drug-likeness (QED) is 0.218. The van der Waals surface area contributed by atoms with Crippen LogP contribution < -0.4 is 10.2 Å². The summed E-state index contributed by atoms with van der Waals surface area (Å²) in [6.07, 6.45) is -9.50. The molecule has 10 nitrogen and oxygen atoms in total. The first-order valence-corrected chi connectivity index (χ1v) is 12.9. The Kier molecular flexibility index (Phi) is 9.11. The minimum Gasteiger partial charge on any atom is -0.444 e. The Labute approximate surface area is 250 Å². The summed E-state index contributed by atoms with van der Waals surface area (Å²) in [5.74, 6) is -2.20. The molecule has 0 bridgehead atoms. The average molecular weight is 641 g/mol. The molecule has 2 aromatic heterocycles. The van der Waals surface area contributed by atoms with Gasteiger partial charge in [0, 0.05) is 5.69 Å². The van der Waals surface area contributed by atoms with Crippen LogP contribution >= 0.6 is 0 Å². The topological polar surface area (TPSA) is 123 Å². The monoisotopic (exact) mass is 640 g/mol. The lowest BCUT2D eigenvalue weighted by molar-refractivity contribution is -0.143. The number of nitrogens with zero attached hydrogens (tertiary/aromatic N) is 5. The third kappa shape index (κ3) is 8.73. The van der Waals surface area contributed by atoms with E-state index in [-0.39, 0.29) is 35.0 Å². The van der Waals surface area contributed by atoms with Crippen molar-refractivity contribution >= 4 is 23.4 Å². The number of amides is 2. The standard InChI is InChI=1S/C28H23F7N6O4/c1-26(2,3)45-25(43)38-18-12-36-23(37-13-18)24-40-39-21(44-24)14-41(19-8-6-17(29)7-9-19)22(42)10-15-4-5-16(27(30,31)32)11-20(15)28(33,34)35/h4-9,11-13H,10,14H2,1-3H3,(H,38,43). The molecule has 17 heteroatoms. The fourth-order valence-electron chi connectivity index (χ4n) is 3.84. The van der Waals surface area contributed by atoms with Crippen molar-refractivity contribution in [3.8, 4) is 11.7 Å². The number of anilines is 2. The van der Waals surface area contributed by atoms with Gasteiger partial charge in [-0.3, -0.25) is 10.1 Å². The largest absolute Gasteiger partial charge is 0.444 e. The number of hydrogen-bond acceptors (Lipinski definition) is 8. The van der Waals surface area contributed by atoms with Crippen LogP contribution in [0.2, 0.25) is 0 Å². The molecule has 0 saturated heterocycles. The lowest BCUT2D eigenvalue weighted by Gasteiger charge is -2.23. The zero-order valence-electron chi connectivity index (χ0n) is 23.6. The van der Waals surface area contributed by atoms with E-state index in [9.17, 15) is 40.3 Å². The van der Waals surface area contributed by atoms with Gasteiger partial charge in [0.15, 0.2) is 0 Å². The van der Waals surface area contributed by atoms with Crippen molar-refractivity contribution in [2.75, 3.05) is 10.2 Å². The van der Waals surface area contributed by atoms with Gasteiger partial charge in [-0.05, 0) is 62.7 Å². The van der Waals surface area contributed by atoms with E-state index in [0.29, 0.717) is 12.1 Å². The highest BCUT2D eigenvalue weighted by atomic mass is 19.4. The van der Waals surface area contributed by atoms with Gasteiger partial charge in [-0.25, -0.2) is 19.2 Å². The van der Waals surface area contributed by atoms with Gasteiger partial charge in [0.2, 0.25) is 17.6 Å². The summed E-state index contributed by atoms with van der Waals surface area (Å²) >= 11 is 0. The predicted octanol–water partition coefficient (Wildman–Crippen LogP) is 6.83. The molecule has 45 heavy (non-hydrogen) atoms. The molecule has 0 unspecified atom stereocenters. The first-order valence-electron chi connectivity index (χ1n) is 12.9. The number of alkyl halides is 6. The van der Waals surface area contributed by atoms with Crippen molar-refractivity contribution in [1.82, 2.24) is 20.2 Å². The van der Waals surface area contributed by atoms with Gasteiger partial charge in [0.25, 0.3) is 5.89 Å². The molecule has 0 saturated carbocycles. The van der Waals surface area contributed by atoms with Gasteiger partial charge in [-0.15, -0.1) is 10.2 Å².